The maximum atomic E-state index is 12.3. The molecule has 4 rings (SSSR count). The number of carbonyl (C=O) groups excluding carboxylic acids is 1. The van der Waals surface area contributed by atoms with Crippen LogP contribution in [0.3, 0.4) is 0 Å². The topological polar surface area (TPSA) is 46.9 Å². The molecule has 1 atom stereocenters. The normalized spacial score (nSPS) is 17.1. The number of hydrogen-bond donors (Lipinski definition) is 1. The molecule has 128 valence electrons. The van der Waals surface area contributed by atoms with Gasteiger partial charge >= 0.3 is 0 Å². The van der Waals surface area contributed by atoms with Crippen LogP contribution in [0, 0.1) is 13.8 Å². The number of aryl methyl sites for hydroxylation is 1. The predicted octanol–water partition coefficient (Wildman–Crippen LogP) is 4.98. The van der Waals surface area contributed by atoms with Gasteiger partial charge in [0.25, 0.3) is 0 Å². The van der Waals surface area contributed by atoms with E-state index in [2.05, 4.69) is 16.8 Å². The number of aromatic nitrogens is 2. The van der Waals surface area contributed by atoms with Gasteiger partial charge in [-0.1, -0.05) is 23.7 Å². The Kier molecular flexibility index (Phi) is 4.35. The number of carbonyl (C=O) groups is 1. The van der Waals surface area contributed by atoms with Gasteiger partial charge in [0.15, 0.2) is 0 Å². The number of thiophene rings is 1. The van der Waals surface area contributed by atoms with Crippen LogP contribution in [0.1, 0.15) is 26.9 Å². The van der Waals surface area contributed by atoms with Crippen LogP contribution in [0.2, 0.25) is 5.02 Å². The number of anilines is 1. The summed E-state index contributed by atoms with van der Waals surface area (Å²) in [6.45, 7) is 3.96. The van der Waals surface area contributed by atoms with Crippen LogP contribution in [-0.4, -0.2) is 21.4 Å². The molecular weight excluding hydrogens is 374 g/mol. The molecule has 2 aromatic heterocycles. The lowest BCUT2D eigenvalue weighted by atomic mass is 10.1. The number of fused-ring (bicyclic) bond motifs is 1. The first-order chi connectivity index (χ1) is 12.1. The maximum absolute atomic E-state index is 12.3. The second-order valence-electron chi connectivity index (χ2n) is 5.90. The fourth-order valence-corrected chi connectivity index (χ4v) is 5.38. The SMILES string of the molecule is Cc1nn(-c2cccc(Cl)c2C)c2c1[C@H](c1cccs1)SCC(=O)N2. The van der Waals surface area contributed by atoms with Gasteiger partial charge in [0.05, 0.1) is 22.4 Å². The van der Waals surface area contributed by atoms with E-state index in [-0.39, 0.29) is 11.2 Å². The van der Waals surface area contributed by atoms with Gasteiger partial charge in [0.1, 0.15) is 5.82 Å². The zero-order valence-electron chi connectivity index (χ0n) is 13.7. The van der Waals surface area contributed by atoms with Crippen LogP contribution in [-0.2, 0) is 4.79 Å². The molecule has 0 bridgehead atoms. The van der Waals surface area contributed by atoms with Gasteiger partial charge in [-0.2, -0.15) is 5.10 Å². The summed E-state index contributed by atoms with van der Waals surface area (Å²) in [5.74, 6) is 1.16. The molecule has 1 aromatic carbocycles. The molecule has 3 heterocycles. The van der Waals surface area contributed by atoms with Crippen molar-refractivity contribution < 1.29 is 4.79 Å². The molecule has 7 heteroatoms. The standard InChI is InChI=1S/C18H16ClN3OS2/c1-10-12(19)5-3-6-13(10)22-18-16(11(2)21-22)17(14-7-4-8-24-14)25-9-15(23)20-18/h3-8,17H,9H2,1-2H3,(H,20,23)/t17-/m0/s1. The molecule has 0 spiro atoms. The summed E-state index contributed by atoms with van der Waals surface area (Å²) in [7, 11) is 0. The molecule has 1 aliphatic rings. The summed E-state index contributed by atoms with van der Waals surface area (Å²) < 4.78 is 1.82. The van der Waals surface area contributed by atoms with Crippen molar-refractivity contribution in [2.75, 3.05) is 11.1 Å². The van der Waals surface area contributed by atoms with Crippen molar-refractivity contribution in [1.82, 2.24) is 9.78 Å². The molecular formula is C18H16ClN3OS2. The number of nitrogens with zero attached hydrogens (tertiary/aromatic N) is 2. The maximum Gasteiger partial charge on any atom is 0.235 e. The highest BCUT2D eigenvalue weighted by Gasteiger charge is 2.31. The number of nitrogens with one attached hydrogen (secondary N) is 1. The van der Waals surface area contributed by atoms with E-state index >= 15 is 0 Å². The van der Waals surface area contributed by atoms with E-state index in [4.69, 9.17) is 16.7 Å². The lowest BCUT2D eigenvalue weighted by Gasteiger charge is -2.14. The van der Waals surface area contributed by atoms with E-state index in [0.717, 1.165) is 28.3 Å². The van der Waals surface area contributed by atoms with E-state index in [0.29, 0.717) is 10.8 Å². The first-order valence-corrected chi connectivity index (χ1v) is 10.2. The lowest BCUT2D eigenvalue weighted by molar-refractivity contribution is -0.113. The monoisotopic (exact) mass is 389 g/mol. The summed E-state index contributed by atoms with van der Waals surface area (Å²) in [6.07, 6.45) is 0. The fourth-order valence-electron chi connectivity index (χ4n) is 3.05. The second-order valence-corrected chi connectivity index (χ2v) is 8.38. The molecule has 0 fully saturated rings. The van der Waals surface area contributed by atoms with E-state index in [1.54, 1.807) is 23.1 Å². The second kappa shape index (κ2) is 6.52. The number of thioether (sulfide) groups is 1. The first-order valence-electron chi connectivity index (χ1n) is 7.86. The smallest absolute Gasteiger partial charge is 0.235 e. The van der Waals surface area contributed by atoms with Crippen LogP contribution in [0.25, 0.3) is 5.69 Å². The van der Waals surface area contributed by atoms with Crippen molar-refractivity contribution in [2.45, 2.75) is 19.1 Å². The Balaban J connectivity index is 1.94. The van der Waals surface area contributed by atoms with E-state index in [1.807, 2.05) is 42.8 Å². The molecule has 4 nitrogen and oxygen atoms in total. The highest BCUT2D eigenvalue weighted by atomic mass is 35.5. The van der Waals surface area contributed by atoms with Gasteiger partial charge in [-0.25, -0.2) is 4.68 Å². The van der Waals surface area contributed by atoms with Gasteiger partial charge in [-0.15, -0.1) is 23.1 Å². The minimum atomic E-state index is -0.00821. The van der Waals surface area contributed by atoms with Crippen LogP contribution < -0.4 is 5.32 Å². The number of halogens is 1. The Hall–Kier alpha value is -1.76. The van der Waals surface area contributed by atoms with Crippen molar-refractivity contribution in [3.05, 3.63) is 62.4 Å². The van der Waals surface area contributed by atoms with Crippen molar-refractivity contribution in [3.8, 4) is 5.69 Å². The Bertz CT molecular complexity index is 950. The van der Waals surface area contributed by atoms with Gasteiger partial charge in [-0.05, 0) is 43.0 Å². The van der Waals surface area contributed by atoms with Crippen LogP contribution in [0.5, 0.6) is 0 Å². The quantitative estimate of drug-likeness (QED) is 0.672. The Morgan fingerprint density at radius 2 is 2.12 bits per heavy atom. The molecule has 1 N–H and O–H groups in total. The minimum absolute atomic E-state index is 0.00821. The Labute approximate surface area is 159 Å². The van der Waals surface area contributed by atoms with Gasteiger partial charge < -0.3 is 5.32 Å². The molecule has 0 radical (unpaired) electrons. The molecule has 0 saturated carbocycles. The van der Waals surface area contributed by atoms with E-state index in [9.17, 15) is 4.79 Å². The summed E-state index contributed by atoms with van der Waals surface area (Å²) in [5.41, 5.74) is 3.81. The molecule has 0 saturated heterocycles. The minimum Gasteiger partial charge on any atom is -0.310 e. The zero-order valence-corrected chi connectivity index (χ0v) is 16.1. The Morgan fingerprint density at radius 3 is 2.88 bits per heavy atom. The van der Waals surface area contributed by atoms with Crippen molar-refractivity contribution in [2.24, 2.45) is 0 Å². The average molecular weight is 390 g/mol. The van der Waals surface area contributed by atoms with E-state index < -0.39 is 0 Å². The van der Waals surface area contributed by atoms with Crippen molar-refractivity contribution in [3.63, 3.8) is 0 Å². The number of hydrogen-bond acceptors (Lipinski definition) is 4. The average Bonchev–Trinajstić information content (AvgIpc) is 3.17. The molecule has 0 aliphatic carbocycles. The summed E-state index contributed by atoms with van der Waals surface area (Å²) in [4.78, 5) is 13.5. The third-order valence-corrected chi connectivity index (χ3v) is 7.02. The van der Waals surface area contributed by atoms with Crippen LogP contribution in [0.15, 0.2) is 35.7 Å². The molecule has 25 heavy (non-hydrogen) atoms. The molecule has 3 aromatic rings. The van der Waals surface area contributed by atoms with Crippen LogP contribution >= 0.6 is 34.7 Å². The largest absolute Gasteiger partial charge is 0.310 e. The van der Waals surface area contributed by atoms with E-state index in [1.165, 1.54) is 4.88 Å². The third kappa shape index (κ3) is 2.88. The van der Waals surface area contributed by atoms with Gasteiger partial charge in [0.2, 0.25) is 5.91 Å². The summed E-state index contributed by atoms with van der Waals surface area (Å²) in [5, 5.41) is 10.6. The van der Waals surface area contributed by atoms with Crippen LogP contribution in [0.4, 0.5) is 5.82 Å². The summed E-state index contributed by atoms with van der Waals surface area (Å²) >= 11 is 9.64. The Morgan fingerprint density at radius 1 is 1.28 bits per heavy atom. The third-order valence-electron chi connectivity index (χ3n) is 4.28. The highest BCUT2D eigenvalue weighted by molar-refractivity contribution is 8.00. The lowest BCUT2D eigenvalue weighted by Crippen LogP contribution is -2.16. The van der Waals surface area contributed by atoms with Crippen molar-refractivity contribution >= 4 is 46.4 Å². The number of rotatable bonds is 2. The van der Waals surface area contributed by atoms with Crippen molar-refractivity contribution in [1.29, 1.82) is 0 Å². The zero-order chi connectivity index (χ0) is 17.6. The molecule has 0 unspecified atom stereocenters. The van der Waals surface area contributed by atoms with Gasteiger partial charge in [0, 0.05) is 15.5 Å². The highest BCUT2D eigenvalue weighted by Crippen LogP contribution is 2.45. The number of benzene rings is 1. The summed E-state index contributed by atoms with van der Waals surface area (Å²) in [6, 6.07) is 9.89. The first kappa shape index (κ1) is 16.7. The number of amides is 1. The van der Waals surface area contributed by atoms with Gasteiger partial charge in [-0.3, -0.25) is 4.79 Å². The molecule has 1 amide bonds. The fraction of sp³-hybridized carbons (Fsp3) is 0.222. The predicted molar refractivity (Wildman–Crippen MR) is 105 cm³/mol. The molecule has 1 aliphatic heterocycles.